The van der Waals surface area contributed by atoms with E-state index in [9.17, 15) is 9.59 Å². The fourth-order valence-electron chi connectivity index (χ4n) is 6.41. The number of esters is 1. The molecule has 2 heterocycles. The molecule has 8 heteroatoms. The van der Waals surface area contributed by atoms with Crippen LogP contribution in [0.2, 0.25) is 0 Å². The third-order valence-corrected chi connectivity index (χ3v) is 10.5. The summed E-state index contributed by atoms with van der Waals surface area (Å²) in [5.41, 5.74) is 1.75. The van der Waals surface area contributed by atoms with Crippen molar-refractivity contribution in [3.05, 3.63) is 20.9 Å². The fraction of sp³-hybridized carbons (Fsp3) is 0.846. The van der Waals surface area contributed by atoms with E-state index in [0.717, 1.165) is 68.8 Å². The zero-order chi connectivity index (χ0) is 34.0. The average molecular weight is 679 g/mol. The van der Waals surface area contributed by atoms with Crippen molar-refractivity contribution in [1.82, 2.24) is 10.2 Å². The molecule has 0 bridgehead atoms. The predicted molar refractivity (Wildman–Crippen MR) is 197 cm³/mol. The van der Waals surface area contributed by atoms with Gasteiger partial charge in [-0.2, -0.15) is 0 Å². The molecule has 0 saturated carbocycles. The van der Waals surface area contributed by atoms with E-state index >= 15 is 0 Å². The minimum atomic E-state index is -0.263. The number of nitrogens with one attached hydrogen (secondary N) is 1. The van der Waals surface area contributed by atoms with E-state index in [1.807, 2.05) is 14.1 Å². The number of carbonyl (C=O) groups is 2. The highest BCUT2D eigenvalue weighted by Crippen LogP contribution is 2.32. The minimum Gasteiger partial charge on any atom is -0.462 e. The highest BCUT2D eigenvalue weighted by atomic mass is 32.1. The molecule has 47 heavy (non-hydrogen) atoms. The van der Waals surface area contributed by atoms with Crippen molar-refractivity contribution in [2.24, 2.45) is 5.92 Å². The number of Topliss-reactive ketones (excluding diaryl/α,β-unsaturated/α-hetero) is 1. The molecule has 0 saturated heterocycles. The highest BCUT2D eigenvalue weighted by Gasteiger charge is 2.27. The first kappa shape index (κ1) is 41.8. The van der Waals surface area contributed by atoms with Crippen LogP contribution in [0.15, 0.2) is 0 Å². The number of carbonyl (C=O) groups excluding carboxylic acids is 2. The molecule has 7 nitrogen and oxygen atoms in total. The van der Waals surface area contributed by atoms with E-state index < -0.39 is 0 Å². The fourth-order valence-corrected chi connectivity index (χ4v) is 7.75. The number of nitrogens with zero attached hydrogens (tertiary/aromatic N) is 1. The first-order valence-electron chi connectivity index (χ1n) is 19.3. The Labute approximate surface area is 292 Å². The number of ether oxygens (including phenoxy) is 3. The summed E-state index contributed by atoms with van der Waals surface area (Å²) in [4.78, 5) is 30.1. The minimum absolute atomic E-state index is 0.198. The molecular formula is C39H70N2O5S. The number of hydrogen-bond donors (Lipinski definition) is 1. The van der Waals surface area contributed by atoms with Crippen molar-refractivity contribution in [2.45, 2.75) is 155 Å². The molecule has 272 valence electrons. The zero-order valence-corrected chi connectivity index (χ0v) is 31.6. The summed E-state index contributed by atoms with van der Waals surface area (Å²) in [7, 11) is 4.03. The molecule has 2 rings (SSSR count). The van der Waals surface area contributed by atoms with Crippen LogP contribution in [0, 0.1) is 5.92 Å². The molecule has 0 spiro atoms. The lowest BCUT2D eigenvalue weighted by atomic mass is 9.95. The Kier molecular flexibility index (Phi) is 24.5. The maximum atomic E-state index is 13.1. The molecule has 0 aliphatic carbocycles. The van der Waals surface area contributed by atoms with Crippen LogP contribution >= 0.6 is 11.3 Å². The molecule has 0 amide bonds. The summed E-state index contributed by atoms with van der Waals surface area (Å²) in [5, 5.41) is 3.39. The van der Waals surface area contributed by atoms with Gasteiger partial charge in [0.15, 0.2) is 0 Å². The molecule has 1 N–H and O–H groups in total. The standard InChI is InChI=1S/C39H70N2O5S/c1-5-7-9-11-13-16-21-33(22-17-14-12-10-8-6-2)31-45-32-44-27-19-15-18-23-34(42)29-36-38(35-24-25-40-30-37(35)47-36)39(43)46-28-20-26-41(3)4/h33,40H,5-32H2,1-4H3. The van der Waals surface area contributed by atoms with Crippen LogP contribution in [0.3, 0.4) is 0 Å². The smallest absolute Gasteiger partial charge is 0.339 e. The molecular weight excluding hydrogens is 609 g/mol. The van der Waals surface area contributed by atoms with Gasteiger partial charge in [0.1, 0.15) is 12.6 Å². The van der Waals surface area contributed by atoms with Gasteiger partial charge in [0.05, 0.1) is 18.8 Å². The SMILES string of the molecule is CCCCCCCCC(CCCCCCCC)COCOCCCCCC(=O)Cc1sc2c(c1C(=O)OCCCN(C)C)CCNC2. The van der Waals surface area contributed by atoms with Gasteiger partial charge < -0.3 is 24.4 Å². The van der Waals surface area contributed by atoms with Crippen LogP contribution < -0.4 is 5.32 Å². The Hall–Kier alpha value is -1.32. The number of fused-ring (bicyclic) bond motifs is 1. The lowest BCUT2D eigenvalue weighted by Crippen LogP contribution is -2.24. The van der Waals surface area contributed by atoms with Crippen molar-refractivity contribution >= 4 is 23.1 Å². The van der Waals surface area contributed by atoms with Gasteiger partial charge in [-0.15, -0.1) is 11.3 Å². The zero-order valence-electron chi connectivity index (χ0n) is 30.8. The summed E-state index contributed by atoms with van der Waals surface area (Å²) in [6.45, 7) is 9.30. The van der Waals surface area contributed by atoms with Gasteiger partial charge in [0.25, 0.3) is 0 Å². The first-order valence-corrected chi connectivity index (χ1v) is 20.1. The lowest BCUT2D eigenvalue weighted by Gasteiger charge is -2.17. The summed E-state index contributed by atoms with van der Waals surface area (Å²) >= 11 is 1.61. The van der Waals surface area contributed by atoms with Crippen LogP contribution in [-0.2, 0) is 38.4 Å². The summed E-state index contributed by atoms with van der Waals surface area (Å²) in [6, 6.07) is 0. The Morgan fingerprint density at radius 3 is 2.15 bits per heavy atom. The average Bonchev–Trinajstić information content (AvgIpc) is 3.42. The predicted octanol–water partition coefficient (Wildman–Crippen LogP) is 9.28. The third-order valence-electron chi connectivity index (χ3n) is 9.24. The largest absolute Gasteiger partial charge is 0.462 e. The molecule has 0 radical (unpaired) electrons. The van der Waals surface area contributed by atoms with Gasteiger partial charge in [-0.25, -0.2) is 4.79 Å². The Morgan fingerprint density at radius 2 is 1.47 bits per heavy atom. The number of thiophene rings is 1. The second kappa shape index (κ2) is 27.5. The summed E-state index contributed by atoms with van der Waals surface area (Å²) < 4.78 is 17.4. The maximum Gasteiger partial charge on any atom is 0.339 e. The monoisotopic (exact) mass is 679 g/mol. The van der Waals surface area contributed by atoms with Crippen molar-refractivity contribution in [1.29, 1.82) is 0 Å². The van der Waals surface area contributed by atoms with Gasteiger partial charge in [-0.05, 0) is 70.6 Å². The van der Waals surface area contributed by atoms with Crippen molar-refractivity contribution in [3.63, 3.8) is 0 Å². The molecule has 0 aromatic carbocycles. The normalized spacial score (nSPS) is 13.1. The Morgan fingerprint density at radius 1 is 0.809 bits per heavy atom. The van der Waals surface area contributed by atoms with Crippen LogP contribution in [0.4, 0.5) is 0 Å². The lowest BCUT2D eigenvalue weighted by molar-refractivity contribution is -0.118. The number of unbranched alkanes of at least 4 members (excludes halogenated alkanes) is 12. The second-order valence-corrected chi connectivity index (χ2v) is 15.1. The molecule has 1 aliphatic heterocycles. The van der Waals surface area contributed by atoms with Crippen LogP contribution in [0.5, 0.6) is 0 Å². The van der Waals surface area contributed by atoms with Gasteiger partial charge >= 0.3 is 5.97 Å². The van der Waals surface area contributed by atoms with E-state index in [-0.39, 0.29) is 11.8 Å². The van der Waals surface area contributed by atoms with Gasteiger partial charge in [-0.3, -0.25) is 4.79 Å². The van der Waals surface area contributed by atoms with Crippen LogP contribution in [0.1, 0.15) is 162 Å². The van der Waals surface area contributed by atoms with Crippen molar-refractivity contribution < 1.29 is 23.8 Å². The molecule has 1 aromatic heterocycles. The summed E-state index contributed by atoms with van der Waals surface area (Å²) in [5.74, 6) is 0.586. The Balaban J connectivity index is 1.63. The second-order valence-electron chi connectivity index (χ2n) is 13.9. The van der Waals surface area contributed by atoms with Crippen molar-refractivity contribution in [3.8, 4) is 0 Å². The molecule has 0 atom stereocenters. The summed E-state index contributed by atoms with van der Waals surface area (Å²) in [6.07, 6.45) is 23.9. The van der Waals surface area contributed by atoms with E-state index in [1.165, 1.54) is 94.8 Å². The molecule has 1 aromatic rings. The molecule has 1 aliphatic rings. The maximum absolute atomic E-state index is 13.1. The number of rotatable bonds is 31. The molecule has 0 unspecified atom stereocenters. The van der Waals surface area contributed by atoms with Gasteiger partial charge in [0, 0.05) is 42.3 Å². The van der Waals surface area contributed by atoms with Gasteiger partial charge in [-0.1, -0.05) is 97.3 Å². The molecule has 0 fully saturated rings. The van der Waals surface area contributed by atoms with E-state index in [1.54, 1.807) is 11.3 Å². The van der Waals surface area contributed by atoms with E-state index in [2.05, 4.69) is 24.1 Å². The van der Waals surface area contributed by atoms with E-state index in [0.29, 0.717) is 44.3 Å². The number of hydrogen-bond acceptors (Lipinski definition) is 8. The van der Waals surface area contributed by atoms with Gasteiger partial charge in [0.2, 0.25) is 0 Å². The quantitative estimate of drug-likeness (QED) is 0.0477. The van der Waals surface area contributed by atoms with Crippen LogP contribution in [-0.4, -0.2) is 70.5 Å². The number of ketones is 1. The Bertz CT molecular complexity index is 934. The third kappa shape index (κ3) is 19.5. The first-order chi connectivity index (χ1) is 23.0. The van der Waals surface area contributed by atoms with Crippen LogP contribution in [0.25, 0.3) is 0 Å². The van der Waals surface area contributed by atoms with E-state index in [4.69, 9.17) is 14.2 Å². The topological polar surface area (TPSA) is 77.1 Å². The highest BCUT2D eigenvalue weighted by molar-refractivity contribution is 7.12. The van der Waals surface area contributed by atoms with Crippen molar-refractivity contribution in [2.75, 3.05) is 53.8 Å².